The number of nitriles is 1. The van der Waals surface area contributed by atoms with Crippen LogP contribution in [0.5, 0.6) is 11.6 Å². The molecule has 0 spiro atoms. The molecule has 6 nitrogen and oxygen atoms in total. The third-order valence-corrected chi connectivity index (χ3v) is 4.69. The highest BCUT2D eigenvalue weighted by atomic mass is 19.4. The number of rotatable bonds is 4. The van der Waals surface area contributed by atoms with E-state index in [1.54, 1.807) is 24.3 Å². The predicted molar refractivity (Wildman–Crippen MR) is 100 cm³/mol. The number of hydrogen-bond acceptors (Lipinski definition) is 5. The van der Waals surface area contributed by atoms with Crippen molar-refractivity contribution in [3.05, 3.63) is 88.4 Å². The van der Waals surface area contributed by atoms with Gasteiger partial charge in [-0.25, -0.2) is 0 Å². The van der Waals surface area contributed by atoms with Crippen LogP contribution in [0.25, 0.3) is 0 Å². The van der Waals surface area contributed by atoms with Crippen LogP contribution in [-0.2, 0) is 12.8 Å². The smallest absolute Gasteiger partial charge is 0.433 e. The maximum absolute atomic E-state index is 13.6. The molecule has 0 bridgehead atoms. The Morgan fingerprint density at radius 2 is 1.83 bits per heavy atom. The van der Waals surface area contributed by atoms with Crippen LogP contribution in [0.3, 0.4) is 0 Å². The lowest BCUT2D eigenvalue weighted by Gasteiger charge is -2.26. The number of H-pyrrole nitrogens is 1. The van der Waals surface area contributed by atoms with Gasteiger partial charge in [0, 0.05) is 5.56 Å². The van der Waals surface area contributed by atoms with E-state index in [-0.39, 0.29) is 29.5 Å². The number of ether oxygens (including phenoxy) is 2. The number of fused-ring (bicyclic) bond motifs is 1. The average molecular weight is 412 g/mol. The lowest BCUT2D eigenvalue weighted by molar-refractivity contribution is -0.141. The summed E-state index contributed by atoms with van der Waals surface area (Å²) in [6.45, 7) is 0.201. The number of para-hydroxylation sites is 1. The van der Waals surface area contributed by atoms with Crippen LogP contribution in [0, 0.1) is 11.3 Å². The van der Waals surface area contributed by atoms with Crippen LogP contribution in [0.1, 0.15) is 28.3 Å². The monoisotopic (exact) mass is 412 g/mol. The zero-order valence-corrected chi connectivity index (χ0v) is 15.4. The largest absolute Gasteiger partial charge is 0.489 e. The number of aromatic amines is 1. The first-order valence-electron chi connectivity index (χ1n) is 8.89. The molecule has 1 atom stereocenters. The fourth-order valence-electron chi connectivity index (χ4n) is 3.36. The molecule has 9 heteroatoms. The highest BCUT2D eigenvalue weighted by Gasteiger charge is 2.45. The number of aromatic nitrogens is 2. The average Bonchev–Trinajstić information content (AvgIpc) is 3.16. The Morgan fingerprint density at radius 3 is 2.53 bits per heavy atom. The second kappa shape index (κ2) is 7.48. The summed E-state index contributed by atoms with van der Waals surface area (Å²) in [6, 6.07) is 17.8. The highest BCUT2D eigenvalue weighted by Crippen LogP contribution is 2.48. The lowest BCUT2D eigenvalue weighted by Crippen LogP contribution is -2.23. The van der Waals surface area contributed by atoms with E-state index in [4.69, 9.17) is 15.2 Å². The molecule has 1 aliphatic heterocycles. The highest BCUT2D eigenvalue weighted by molar-refractivity contribution is 5.58. The molecular formula is C21H15F3N4O2. The fourth-order valence-corrected chi connectivity index (χ4v) is 3.36. The third kappa shape index (κ3) is 3.43. The van der Waals surface area contributed by atoms with Gasteiger partial charge in [-0.2, -0.15) is 18.4 Å². The molecule has 2 heterocycles. The van der Waals surface area contributed by atoms with E-state index in [1.165, 1.54) is 0 Å². The first kappa shape index (κ1) is 19.4. The Balaban J connectivity index is 1.82. The summed E-state index contributed by atoms with van der Waals surface area (Å²) < 4.78 is 51.9. The van der Waals surface area contributed by atoms with E-state index in [0.717, 1.165) is 5.56 Å². The van der Waals surface area contributed by atoms with Crippen molar-refractivity contribution < 1.29 is 22.6 Å². The summed E-state index contributed by atoms with van der Waals surface area (Å²) in [7, 11) is 0. The molecule has 0 saturated carbocycles. The van der Waals surface area contributed by atoms with Crippen molar-refractivity contribution in [1.82, 2.24) is 10.2 Å². The molecule has 3 aromatic rings. The molecule has 0 fully saturated rings. The van der Waals surface area contributed by atoms with Crippen LogP contribution >= 0.6 is 0 Å². The Labute approximate surface area is 169 Å². The maximum Gasteiger partial charge on any atom is 0.433 e. The molecule has 4 rings (SSSR count). The first-order chi connectivity index (χ1) is 14.4. The van der Waals surface area contributed by atoms with Gasteiger partial charge in [0.1, 0.15) is 29.7 Å². The minimum absolute atomic E-state index is 0.148. The molecule has 0 amide bonds. The van der Waals surface area contributed by atoms with Crippen molar-refractivity contribution in [2.75, 3.05) is 0 Å². The zero-order chi connectivity index (χ0) is 21.3. The van der Waals surface area contributed by atoms with Crippen LogP contribution in [-0.4, -0.2) is 10.2 Å². The van der Waals surface area contributed by atoms with Gasteiger partial charge in [0.25, 0.3) is 0 Å². The molecule has 1 aliphatic rings. The maximum atomic E-state index is 13.6. The fraction of sp³-hybridized carbons (Fsp3) is 0.143. The summed E-state index contributed by atoms with van der Waals surface area (Å²) in [5, 5.41) is 15.2. The topological polar surface area (TPSA) is 97.0 Å². The lowest BCUT2D eigenvalue weighted by atomic mass is 9.83. The molecule has 1 unspecified atom stereocenters. The molecule has 0 radical (unpaired) electrons. The number of nitrogens with zero attached hydrogens (tertiary/aromatic N) is 2. The standard InChI is InChI=1S/C21H15F3N4O2/c22-21(23,24)18-17-16(14(10-25)19(26)30-20(17)28-27-18)13-8-4-5-9-15(13)29-11-12-6-2-1-3-7-12/h1-9,16H,11,26H2,(H,27,28). The van der Waals surface area contributed by atoms with Gasteiger partial charge in [0.15, 0.2) is 0 Å². The van der Waals surface area contributed by atoms with Gasteiger partial charge in [-0.05, 0) is 11.6 Å². The van der Waals surface area contributed by atoms with E-state index in [1.807, 2.05) is 41.5 Å². The SMILES string of the molecule is N#CC1=C(N)Oc2n[nH]c(C(F)(F)F)c2C1c1ccccc1OCc1ccccc1. The number of nitrogens with one attached hydrogen (secondary N) is 1. The summed E-state index contributed by atoms with van der Waals surface area (Å²) in [5.74, 6) is -1.44. The van der Waals surface area contributed by atoms with Crippen molar-refractivity contribution >= 4 is 0 Å². The summed E-state index contributed by atoms with van der Waals surface area (Å²) in [6.07, 6.45) is -4.73. The Bertz CT molecular complexity index is 1150. The minimum atomic E-state index is -4.73. The van der Waals surface area contributed by atoms with Gasteiger partial charge >= 0.3 is 6.18 Å². The molecule has 3 N–H and O–H groups in total. The van der Waals surface area contributed by atoms with E-state index >= 15 is 0 Å². The van der Waals surface area contributed by atoms with E-state index in [9.17, 15) is 18.4 Å². The van der Waals surface area contributed by atoms with Crippen molar-refractivity contribution in [3.63, 3.8) is 0 Å². The van der Waals surface area contributed by atoms with Crippen molar-refractivity contribution in [2.45, 2.75) is 18.7 Å². The molecule has 1 aromatic heterocycles. The van der Waals surface area contributed by atoms with E-state index in [0.29, 0.717) is 11.3 Å². The van der Waals surface area contributed by atoms with Gasteiger partial charge in [-0.1, -0.05) is 48.5 Å². The number of allylic oxidation sites excluding steroid dienone is 1. The predicted octanol–water partition coefficient (Wildman–Crippen LogP) is 4.23. The molecule has 0 saturated heterocycles. The van der Waals surface area contributed by atoms with Crippen LogP contribution in [0.2, 0.25) is 0 Å². The molecule has 30 heavy (non-hydrogen) atoms. The third-order valence-electron chi connectivity index (χ3n) is 4.69. The zero-order valence-electron chi connectivity index (χ0n) is 15.4. The molecular weight excluding hydrogens is 397 g/mol. The number of hydrogen-bond donors (Lipinski definition) is 2. The van der Waals surface area contributed by atoms with Crippen LogP contribution < -0.4 is 15.2 Å². The summed E-state index contributed by atoms with van der Waals surface area (Å²) >= 11 is 0. The number of halogens is 3. The van der Waals surface area contributed by atoms with Gasteiger partial charge in [0.2, 0.25) is 11.8 Å². The van der Waals surface area contributed by atoms with Crippen LogP contribution in [0.15, 0.2) is 66.1 Å². The first-order valence-corrected chi connectivity index (χ1v) is 8.89. The van der Waals surface area contributed by atoms with Crippen molar-refractivity contribution in [3.8, 4) is 17.7 Å². The Kier molecular flexibility index (Phi) is 4.83. The molecule has 0 aliphatic carbocycles. The number of benzene rings is 2. The van der Waals surface area contributed by atoms with Crippen molar-refractivity contribution in [1.29, 1.82) is 5.26 Å². The van der Waals surface area contributed by atoms with Gasteiger partial charge in [-0.15, -0.1) is 5.10 Å². The Hall–Kier alpha value is -3.93. The Morgan fingerprint density at radius 1 is 1.13 bits per heavy atom. The normalized spacial score (nSPS) is 15.9. The minimum Gasteiger partial charge on any atom is -0.489 e. The second-order valence-electron chi connectivity index (χ2n) is 6.55. The van der Waals surface area contributed by atoms with Gasteiger partial charge < -0.3 is 15.2 Å². The van der Waals surface area contributed by atoms with E-state index in [2.05, 4.69) is 5.10 Å². The second-order valence-corrected chi connectivity index (χ2v) is 6.55. The molecule has 152 valence electrons. The van der Waals surface area contributed by atoms with Crippen LogP contribution in [0.4, 0.5) is 13.2 Å². The van der Waals surface area contributed by atoms with Gasteiger partial charge in [0.05, 0.1) is 11.5 Å². The number of nitrogens with two attached hydrogens (primary N) is 1. The van der Waals surface area contributed by atoms with E-state index < -0.39 is 17.8 Å². The number of alkyl halides is 3. The summed E-state index contributed by atoms with van der Waals surface area (Å²) in [5.41, 5.74) is 5.51. The van der Waals surface area contributed by atoms with Gasteiger partial charge in [-0.3, -0.25) is 5.10 Å². The quantitative estimate of drug-likeness (QED) is 0.669. The summed E-state index contributed by atoms with van der Waals surface area (Å²) in [4.78, 5) is 0. The molecule has 2 aromatic carbocycles. The van der Waals surface area contributed by atoms with Crippen molar-refractivity contribution in [2.24, 2.45) is 5.73 Å².